The quantitative estimate of drug-likeness (QED) is 0.245. The SMILES string of the molecule is Cc1ccc(S(=O)(=O)/N=C(/Sc2nc3ccccc3s2)c2ccccc2)cc1. The summed E-state index contributed by atoms with van der Waals surface area (Å²) in [5.74, 6) is 0. The van der Waals surface area contributed by atoms with Crippen molar-refractivity contribution in [1.82, 2.24) is 4.98 Å². The van der Waals surface area contributed by atoms with Crippen LogP contribution in [0.25, 0.3) is 10.2 Å². The summed E-state index contributed by atoms with van der Waals surface area (Å²) in [4.78, 5) is 4.78. The van der Waals surface area contributed by atoms with Gasteiger partial charge in [-0.2, -0.15) is 12.8 Å². The van der Waals surface area contributed by atoms with Gasteiger partial charge in [-0.1, -0.05) is 60.2 Å². The van der Waals surface area contributed by atoms with E-state index in [2.05, 4.69) is 9.38 Å². The Labute approximate surface area is 172 Å². The van der Waals surface area contributed by atoms with Crippen LogP contribution < -0.4 is 0 Å². The Morgan fingerprint density at radius 2 is 1.61 bits per heavy atom. The highest BCUT2D eigenvalue weighted by atomic mass is 32.2. The van der Waals surface area contributed by atoms with Crippen molar-refractivity contribution in [2.45, 2.75) is 16.2 Å². The van der Waals surface area contributed by atoms with Gasteiger partial charge in [-0.3, -0.25) is 0 Å². The average molecular weight is 425 g/mol. The van der Waals surface area contributed by atoms with Crippen molar-refractivity contribution < 1.29 is 8.42 Å². The Hall–Kier alpha value is -2.48. The number of hydrogen-bond acceptors (Lipinski definition) is 5. The number of thioether (sulfide) groups is 1. The first kappa shape index (κ1) is 18.9. The lowest BCUT2D eigenvalue weighted by molar-refractivity contribution is 0.598. The number of sulfonamides is 1. The van der Waals surface area contributed by atoms with Gasteiger partial charge in [0.1, 0.15) is 5.04 Å². The summed E-state index contributed by atoms with van der Waals surface area (Å²) < 4.78 is 31.7. The summed E-state index contributed by atoms with van der Waals surface area (Å²) >= 11 is 2.79. The second kappa shape index (κ2) is 7.87. The van der Waals surface area contributed by atoms with Gasteiger partial charge in [-0.15, -0.1) is 11.3 Å². The number of benzene rings is 3. The van der Waals surface area contributed by atoms with Crippen molar-refractivity contribution in [1.29, 1.82) is 0 Å². The average Bonchev–Trinajstić information content (AvgIpc) is 3.11. The van der Waals surface area contributed by atoms with Crippen molar-refractivity contribution in [3.63, 3.8) is 0 Å². The van der Waals surface area contributed by atoms with Crippen LogP contribution in [0.3, 0.4) is 0 Å². The van der Waals surface area contributed by atoms with Crippen molar-refractivity contribution in [3.8, 4) is 0 Å². The molecule has 0 radical (unpaired) electrons. The summed E-state index contributed by atoms with van der Waals surface area (Å²) in [6, 6.07) is 23.9. The second-order valence-electron chi connectivity index (χ2n) is 6.10. The third-order valence-corrected chi connectivity index (χ3v) is 7.52. The van der Waals surface area contributed by atoms with E-state index in [-0.39, 0.29) is 4.90 Å². The Kier molecular flexibility index (Phi) is 5.30. The predicted molar refractivity (Wildman–Crippen MR) is 117 cm³/mol. The topological polar surface area (TPSA) is 59.4 Å². The lowest BCUT2D eigenvalue weighted by Crippen LogP contribution is -2.03. The molecule has 0 saturated heterocycles. The number of aromatic nitrogens is 1. The van der Waals surface area contributed by atoms with Gasteiger partial charge in [0.2, 0.25) is 0 Å². The minimum absolute atomic E-state index is 0.177. The Morgan fingerprint density at radius 3 is 2.32 bits per heavy atom. The maximum absolute atomic E-state index is 12.9. The molecule has 3 aromatic carbocycles. The van der Waals surface area contributed by atoms with Crippen LogP contribution >= 0.6 is 23.1 Å². The zero-order chi connectivity index (χ0) is 19.6. The van der Waals surface area contributed by atoms with Crippen LogP contribution in [0.1, 0.15) is 11.1 Å². The largest absolute Gasteiger partial charge is 0.283 e. The summed E-state index contributed by atoms with van der Waals surface area (Å²) in [7, 11) is -3.83. The molecule has 140 valence electrons. The Bertz CT molecular complexity index is 1210. The van der Waals surface area contributed by atoms with Crippen LogP contribution in [-0.4, -0.2) is 18.4 Å². The first-order valence-electron chi connectivity index (χ1n) is 8.52. The summed E-state index contributed by atoms with van der Waals surface area (Å²) in [5, 5.41) is 0.403. The maximum Gasteiger partial charge on any atom is 0.283 e. The fourth-order valence-electron chi connectivity index (χ4n) is 2.56. The number of hydrogen-bond donors (Lipinski definition) is 0. The fraction of sp³-hybridized carbons (Fsp3) is 0.0476. The molecule has 4 nitrogen and oxygen atoms in total. The van der Waals surface area contributed by atoms with Crippen LogP contribution in [0.2, 0.25) is 0 Å². The molecule has 0 saturated carbocycles. The third kappa shape index (κ3) is 4.16. The predicted octanol–water partition coefficient (Wildman–Crippen LogP) is 5.53. The lowest BCUT2D eigenvalue weighted by Gasteiger charge is -2.06. The molecule has 0 aliphatic carbocycles. The van der Waals surface area contributed by atoms with Crippen molar-refractivity contribution in [2.75, 3.05) is 0 Å². The molecule has 0 bridgehead atoms. The van der Waals surface area contributed by atoms with Gasteiger partial charge in [0.15, 0.2) is 4.34 Å². The number of rotatable bonds is 4. The normalized spacial score (nSPS) is 12.4. The molecule has 7 heteroatoms. The smallest absolute Gasteiger partial charge is 0.229 e. The number of fused-ring (bicyclic) bond motifs is 1. The highest BCUT2D eigenvalue weighted by Gasteiger charge is 2.18. The third-order valence-electron chi connectivity index (χ3n) is 4.00. The molecule has 0 aliphatic heterocycles. The van der Waals surface area contributed by atoms with Crippen LogP contribution in [0.15, 0.2) is 92.5 Å². The zero-order valence-electron chi connectivity index (χ0n) is 14.9. The molecule has 0 unspecified atom stereocenters. The van der Waals surface area contributed by atoms with E-state index in [4.69, 9.17) is 0 Å². The number of thiazole rings is 1. The molecule has 0 N–H and O–H groups in total. The molecule has 28 heavy (non-hydrogen) atoms. The molecule has 1 heterocycles. The molecule has 0 aliphatic rings. The van der Waals surface area contributed by atoms with Gasteiger partial charge < -0.3 is 0 Å². The first-order valence-corrected chi connectivity index (χ1v) is 11.6. The second-order valence-corrected chi connectivity index (χ2v) is 9.97. The van der Waals surface area contributed by atoms with E-state index in [0.29, 0.717) is 5.04 Å². The first-order chi connectivity index (χ1) is 13.5. The van der Waals surface area contributed by atoms with E-state index >= 15 is 0 Å². The van der Waals surface area contributed by atoms with Crippen LogP contribution in [0.5, 0.6) is 0 Å². The van der Waals surface area contributed by atoms with Gasteiger partial charge >= 0.3 is 0 Å². The highest BCUT2D eigenvalue weighted by Crippen LogP contribution is 2.32. The van der Waals surface area contributed by atoms with Crippen LogP contribution in [-0.2, 0) is 10.0 Å². The number of nitrogens with zero attached hydrogens (tertiary/aromatic N) is 2. The van der Waals surface area contributed by atoms with E-state index in [9.17, 15) is 8.42 Å². The standard InChI is InChI=1S/C21H16N2O2S3/c1-15-11-13-17(14-12-15)28(24,25)23-20(16-7-3-2-4-8-16)27-21-22-18-9-5-6-10-19(18)26-21/h2-14H,1H3/b23-20+. The molecule has 0 atom stereocenters. The van der Waals surface area contributed by atoms with Gasteiger partial charge in [0, 0.05) is 5.56 Å². The molecular weight excluding hydrogens is 408 g/mol. The Balaban J connectivity index is 1.77. The number of para-hydroxylation sites is 1. The molecule has 0 amide bonds. The fourth-order valence-corrected chi connectivity index (χ4v) is 5.85. The van der Waals surface area contributed by atoms with Gasteiger partial charge in [-0.05, 0) is 43.0 Å². The summed E-state index contributed by atoms with van der Waals surface area (Å²) in [5.41, 5.74) is 2.63. The van der Waals surface area contributed by atoms with Gasteiger partial charge in [0.05, 0.1) is 15.1 Å². The van der Waals surface area contributed by atoms with E-state index in [1.807, 2.05) is 61.5 Å². The highest BCUT2D eigenvalue weighted by molar-refractivity contribution is 8.16. The Morgan fingerprint density at radius 1 is 0.929 bits per heavy atom. The zero-order valence-corrected chi connectivity index (χ0v) is 17.4. The van der Waals surface area contributed by atoms with Crippen molar-refractivity contribution >= 4 is 48.4 Å². The molecule has 0 spiro atoms. The molecule has 4 rings (SSSR count). The van der Waals surface area contributed by atoms with E-state index < -0.39 is 10.0 Å². The minimum atomic E-state index is -3.83. The van der Waals surface area contributed by atoms with E-state index in [0.717, 1.165) is 25.7 Å². The molecule has 4 aromatic rings. The van der Waals surface area contributed by atoms with Crippen molar-refractivity contribution in [2.24, 2.45) is 4.40 Å². The van der Waals surface area contributed by atoms with Crippen LogP contribution in [0, 0.1) is 6.92 Å². The van der Waals surface area contributed by atoms with Crippen molar-refractivity contribution in [3.05, 3.63) is 90.0 Å². The monoisotopic (exact) mass is 424 g/mol. The minimum Gasteiger partial charge on any atom is -0.229 e. The van der Waals surface area contributed by atoms with E-state index in [1.54, 1.807) is 24.3 Å². The maximum atomic E-state index is 12.9. The van der Waals surface area contributed by atoms with Gasteiger partial charge in [-0.25, -0.2) is 4.98 Å². The van der Waals surface area contributed by atoms with E-state index in [1.165, 1.54) is 23.1 Å². The lowest BCUT2D eigenvalue weighted by atomic mass is 10.2. The molecule has 1 aromatic heterocycles. The summed E-state index contributed by atoms with van der Waals surface area (Å²) in [6.07, 6.45) is 0. The summed E-state index contributed by atoms with van der Waals surface area (Å²) in [6.45, 7) is 1.91. The molecule has 0 fully saturated rings. The molecular formula is C21H16N2O2S3. The number of aryl methyl sites for hydroxylation is 1. The van der Waals surface area contributed by atoms with Crippen LogP contribution in [0.4, 0.5) is 0 Å². The van der Waals surface area contributed by atoms with Gasteiger partial charge in [0.25, 0.3) is 10.0 Å².